The van der Waals surface area contributed by atoms with Gasteiger partial charge >= 0.3 is 0 Å². The van der Waals surface area contributed by atoms with Crippen LogP contribution in [0.2, 0.25) is 0 Å². The minimum Gasteiger partial charge on any atom is -0.369 e. The molecule has 22 heavy (non-hydrogen) atoms. The predicted molar refractivity (Wildman–Crippen MR) is 87.7 cm³/mol. The topological polar surface area (TPSA) is 66.9 Å². The molecule has 0 atom stereocenters. The Morgan fingerprint density at radius 3 is 2.59 bits per heavy atom. The zero-order valence-electron chi connectivity index (χ0n) is 13.3. The Kier molecular flexibility index (Phi) is 5.47. The number of aryl methyl sites for hydroxylation is 1. The van der Waals surface area contributed by atoms with Crippen molar-refractivity contribution in [3.63, 3.8) is 0 Å². The summed E-state index contributed by atoms with van der Waals surface area (Å²) in [6.07, 6.45) is 3.08. The van der Waals surface area contributed by atoms with Gasteiger partial charge in [0.25, 0.3) is 5.91 Å². The van der Waals surface area contributed by atoms with Crippen LogP contribution in [-0.4, -0.2) is 22.4 Å². The maximum atomic E-state index is 12.1. The van der Waals surface area contributed by atoms with Gasteiger partial charge in [0.05, 0.1) is 12.4 Å². The summed E-state index contributed by atoms with van der Waals surface area (Å²) in [6.45, 7) is 7.58. The van der Waals surface area contributed by atoms with Gasteiger partial charge in [0, 0.05) is 13.1 Å². The second kappa shape index (κ2) is 7.54. The molecule has 0 bridgehead atoms. The average molecular weight is 298 g/mol. The molecule has 116 valence electrons. The maximum Gasteiger partial charge on any atom is 0.271 e. The molecular weight excluding hydrogens is 276 g/mol. The third-order valence-electron chi connectivity index (χ3n) is 3.28. The molecule has 0 spiro atoms. The quantitative estimate of drug-likeness (QED) is 0.860. The number of rotatable bonds is 6. The first-order valence-electron chi connectivity index (χ1n) is 7.45. The fraction of sp³-hybridized carbons (Fsp3) is 0.353. The van der Waals surface area contributed by atoms with E-state index in [2.05, 4.69) is 34.4 Å². The highest BCUT2D eigenvalue weighted by Crippen LogP contribution is 2.07. The molecule has 2 aromatic rings. The van der Waals surface area contributed by atoms with Crippen LogP contribution in [0.25, 0.3) is 0 Å². The number of hydrogen-bond acceptors (Lipinski definition) is 4. The van der Waals surface area contributed by atoms with Gasteiger partial charge in [-0.15, -0.1) is 0 Å². The first kappa shape index (κ1) is 15.9. The molecule has 0 fully saturated rings. The van der Waals surface area contributed by atoms with Gasteiger partial charge in [-0.3, -0.25) is 4.79 Å². The van der Waals surface area contributed by atoms with Gasteiger partial charge in [0.15, 0.2) is 0 Å². The maximum absolute atomic E-state index is 12.1. The highest BCUT2D eigenvalue weighted by molar-refractivity contribution is 5.91. The fourth-order valence-corrected chi connectivity index (χ4v) is 1.92. The fourth-order valence-electron chi connectivity index (χ4n) is 1.92. The molecule has 1 aromatic heterocycles. The Morgan fingerprint density at radius 1 is 1.18 bits per heavy atom. The summed E-state index contributed by atoms with van der Waals surface area (Å²) in [4.78, 5) is 20.4. The lowest BCUT2D eigenvalue weighted by Crippen LogP contribution is -2.24. The molecule has 0 radical (unpaired) electrons. The summed E-state index contributed by atoms with van der Waals surface area (Å²) < 4.78 is 0. The Morgan fingerprint density at radius 2 is 1.95 bits per heavy atom. The zero-order valence-corrected chi connectivity index (χ0v) is 13.3. The normalized spacial score (nSPS) is 10.5. The molecule has 0 unspecified atom stereocenters. The van der Waals surface area contributed by atoms with Gasteiger partial charge < -0.3 is 10.6 Å². The van der Waals surface area contributed by atoms with Crippen LogP contribution in [0.3, 0.4) is 0 Å². The van der Waals surface area contributed by atoms with Crippen molar-refractivity contribution in [2.45, 2.75) is 27.3 Å². The summed E-state index contributed by atoms with van der Waals surface area (Å²) in [5, 5.41) is 6.03. The number of nitrogens with zero attached hydrogens (tertiary/aromatic N) is 2. The number of nitrogens with one attached hydrogen (secondary N) is 2. The minimum absolute atomic E-state index is 0.217. The molecule has 2 rings (SSSR count). The lowest BCUT2D eigenvalue weighted by atomic mass is 10.1. The second-order valence-corrected chi connectivity index (χ2v) is 5.67. The monoisotopic (exact) mass is 298 g/mol. The molecule has 0 aliphatic carbocycles. The molecule has 5 heteroatoms. The first-order chi connectivity index (χ1) is 10.6. The van der Waals surface area contributed by atoms with Crippen LogP contribution in [0.4, 0.5) is 5.82 Å². The molecular formula is C17H22N4O. The highest BCUT2D eigenvalue weighted by atomic mass is 16.1. The van der Waals surface area contributed by atoms with Crippen LogP contribution in [0.5, 0.6) is 0 Å². The molecule has 0 saturated heterocycles. The van der Waals surface area contributed by atoms with Crippen molar-refractivity contribution in [2.24, 2.45) is 5.92 Å². The van der Waals surface area contributed by atoms with Crippen molar-refractivity contribution in [3.05, 3.63) is 53.5 Å². The third kappa shape index (κ3) is 4.55. The standard InChI is InChI=1S/C17H22N4O/c1-12(2)8-19-16-11-18-15(10-20-16)17(22)21-9-14-7-5-4-6-13(14)3/h4-7,10-12H,8-9H2,1-3H3,(H,19,20)(H,21,22). The van der Waals surface area contributed by atoms with Gasteiger partial charge in [-0.1, -0.05) is 38.1 Å². The molecule has 1 heterocycles. The first-order valence-corrected chi connectivity index (χ1v) is 7.45. The van der Waals surface area contributed by atoms with E-state index in [4.69, 9.17) is 0 Å². The minimum atomic E-state index is -0.217. The number of carbonyl (C=O) groups excluding carboxylic acids is 1. The van der Waals surface area contributed by atoms with E-state index in [0.29, 0.717) is 24.0 Å². The van der Waals surface area contributed by atoms with Gasteiger partial charge in [0.1, 0.15) is 11.5 Å². The van der Waals surface area contributed by atoms with E-state index in [0.717, 1.165) is 17.7 Å². The Labute approximate surface area is 131 Å². The Balaban J connectivity index is 1.91. The van der Waals surface area contributed by atoms with E-state index >= 15 is 0 Å². The molecule has 0 aliphatic heterocycles. The van der Waals surface area contributed by atoms with Gasteiger partial charge in [0.2, 0.25) is 0 Å². The number of aromatic nitrogens is 2. The summed E-state index contributed by atoms with van der Waals surface area (Å²) in [6, 6.07) is 7.97. The van der Waals surface area contributed by atoms with Crippen LogP contribution in [0.1, 0.15) is 35.5 Å². The smallest absolute Gasteiger partial charge is 0.271 e. The predicted octanol–water partition coefficient (Wildman–Crippen LogP) is 2.78. The number of anilines is 1. The number of hydrogen-bond donors (Lipinski definition) is 2. The van der Waals surface area contributed by atoms with Gasteiger partial charge in [-0.25, -0.2) is 9.97 Å². The van der Waals surface area contributed by atoms with Crippen molar-refractivity contribution in [1.29, 1.82) is 0 Å². The van der Waals surface area contributed by atoms with Crippen molar-refractivity contribution < 1.29 is 4.79 Å². The summed E-state index contributed by atoms with van der Waals surface area (Å²) in [5.41, 5.74) is 2.57. The van der Waals surface area contributed by atoms with E-state index in [-0.39, 0.29) is 5.91 Å². The lowest BCUT2D eigenvalue weighted by Gasteiger charge is -2.09. The molecule has 1 aromatic carbocycles. The van der Waals surface area contributed by atoms with Crippen LogP contribution >= 0.6 is 0 Å². The highest BCUT2D eigenvalue weighted by Gasteiger charge is 2.08. The average Bonchev–Trinajstić information content (AvgIpc) is 2.52. The molecule has 1 amide bonds. The second-order valence-electron chi connectivity index (χ2n) is 5.67. The van der Waals surface area contributed by atoms with Crippen LogP contribution in [-0.2, 0) is 6.54 Å². The van der Waals surface area contributed by atoms with E-state index in [9.17, 15) is 4.79 Å². The zero-order chi connectivity index (χ0) is 15.9. The Hall–Kier alpha value is -2.43. The number of carbonyl (C=O) groups is 1. The Bertz CT molecular complexity index is 623. The summed E-state index contributed by atoms with van der Waals surface area (Å²) >= 11 is 0. The van der Waals surface area contributed by atoms with Crippen LogP contribution < -0.4 is 10.6 Å². The van der Waals surface area contributed by atoms with Crippen molar-refractivity contribution in [1.82, 2.24) is 15.3 Å². The number of benzene rings is 1. The van der Waals surface area contributed by atoms with Crippen molar-refractivity contribution >= 4 is 11.7 Å². The van der Waals surface area contributed by atoms with Gasteiger partial charge in [-0.05, 0) is 24.0 Å². The SMILES string of the molecule is Cc1ccccc1CNC(=O)c1cnc(NCC(C)C)cn1. The summed E-state index contributed by atoms with van der Waals surface area (Å²) in [5.74, 6) is 0.995. The number of amides is 1. The van der Waals surface area contributed by atoms with Crippen LogP contribution in [0.15, 0.2) is 36.7 Å². The molecule has 5 nitrogen and oxygen atoms in total. The molecule has 2 N–H and O–H groups in total. The van der Waals surface area contributed by atoms with E-state index in [1.54, 1.807) is 6.20 Å². The largest absolute Gasteiger partial charge is 0.369 e. The van der Waals surface area contributed by atoms with Crippen LogP contribution in [0, 0.1) is 12.8 Å². The molecule has 0 saturated carbocycles. The van der Waals surface area contributed by atoms with E-state index < -0.39 is 0 Å². The van der Waals surface area contributed by atoms with E-state index in [1.165, 1.54) is 6.20 Å². The van der Waals surface area contributed by atoms with Crippen molar-refractivity contribution in [2.75, 3.05) is 11.9 Å². The third-order valence-corrected chi connectivity index (χ3v) is 3.28. The summed E-state index contributed by atoms with van der Waals surface area (Å²) in [7, 11) is 0. The molecule has 0 aliphatic rings. The van der Waals surface area contributed by atoms with E-state index in [1.807, 2.05) is 31.2 Å². The van der Waals surface area contributed by atoms with Crippen molar-refractivity contribution in [3.8, 4) is 0 Å². The van der Waals surface area contributed by atoms with Gasteiger partial charge in [-0.2, -0.15) is 0 Å². The lowest BCUT2D eigenvalue weighted by molar-refractivity contribution is 0.0945.